The largest absolute Gasteiger partial charge is 0.495 e. The van der Waals surface area contributed by atoms with E-state index in [4.69, 9.17) is 10.5 Å². The molecule has 0 aliphatic carbocycles. The van der Waals surface area contributed by atoms with Crippen LogP contribution in [0.1, 0.15) is 11.6 Å². The predicted octanol–water partition coefficient (Wildman–Crippen LogP) is 0.0898. The molecule has 98 valence electrons. The van der Waals surface area contributed by atoms with Gasteiger partial charge in [-0.3, -0.25) is 14.8 Å². The van der Waals surface area contributed by atoms with Gasteiger partial charge in [-0.2, -0.15) is 0 Å². The summed E-state index contributed by atoms with van der Waals surface area (Å²) in [7, 11) is 1.66. The lowest BCUT2D eigenvalue weighted by Gasteiger charge is -2.49. The van der Waals surface area contributed by atoms with Gasteiger partial charge < -0.3 is 10.5 Å². The van der Waals surface area contributed by atoms with Crippen LogP contribution in [0.25, 0.3) is 0 Å². The Morgan fingerprint density at radius 3 is 2.72 bits per heavy atom. The Kier molecular flexibility index (Phi) is 3.20. The number of fused-ring (bicyclic) bond motifs is 3. The number of hydrogen-bond acceptors (Lipinski definition) is 5. The van der Waals surface area contributed by atoms with Crippen molar-refractivity contribution in [1.29, 1.82) is 0 Å². The summed E-state index contributed by atoms with van der Waals surface area (Å²) in [5.41, 5.74) is 7.48. The van der Waals surface area contributed by atoms with Crippen LogP contribution >= 0.6 is 0 Å². The smallest absolute Gasteiger partial charge is 0.137 e. The van der Waals surface area contributed by atoms with E-state index in [0.717, 1.165) is 30.9 Å². The lowest BCUT2D eigenvalue weighted by Crippen LogP contribution is -2.63. The van der Waals surface area contributed by atoms with E-state index in [1.165, 1.54) is 13.1 Å². The molecular weight excluding hydrogens is 228 g/mol. The van der Waals surface area contributed by atoms with Crippen LogP contribution in [0, 0.1) is 0 Å². The minimum Gasteiger partial charge on any atom is -0.495 e. The molecular formula is C13H20N4O. The second-order valence-corrected chi connectivity index (χ2v) is 5.09. The highest BCUT2D eigenvalue weighted by atomic mass is 16.5. The monoisotopic (exact) mass is 248 g/mol. The van der Waals surface area contributed by atoms with Crippen LogP contribution in [0.5, 0.6) is 5.75 Å². The van der Waals surface area contributed by atoms with Crippen molar-refractivity contribution in [3.05, 3.63) is 24.0 Å². The molecule has 0 spiro atoms. The van der Waals surface area contributed by atoms with Gasteiger partial charge in [0, 0.05) is 51.0 Å². The van der Waals surface area contributed by atoms with Gasteiger partial charge >= 0.3 is 0 Å². The predicted molar refractivity (Wildman–Crippen MR) is 69.5 cm³/mol. The van der Waals surface area contributed by atoms with Crippen LogP contribution in [-0.2, 0) is 0 Å². The number of rotatable bonds is 3. The molecule has 18 heavy (non-hydrogen) atoms. The van der Waals surface area contributed by atoms with Crippen LogP contribution in [0.2, 0.25) is 0 Å². The maximum absolute atomic E-state index is 6.42. The van der Waals surface area contributed by atoms with Crippen LogP contribution in [0.15, 0.2) is 18.5 Å². The first-order valence-corrected chi connectivity index (χ1v) is 6.49. The third-order valence-electron chi connectivity index (χ3n) is 4.09. The Balaban J connectivity index is 1.79. The highest BCUT2D eigenvalue weighted by Gasteiger charge is 2.35. The third kappa shape index (κ3) is 2.09. The topological polar surface area (TPSA) is 54.6 Å². The maximum atomic E-state index is 6.42. The Morgan fingerprint density at radius 1 is 1.33 bits per heavy atom. The Morgan fingerprint density at radius 2 is 2.11 bits per heavy atom. The van der Waals surface area contributed by atoms with Crippen molar-refractivity contribution in [2.75, 3.05) is 39.8 Å². The number of piperazine rings is 3. The van der Waals surface area contributed by atoms with Gasteiger partial charge in [0.05, 0.1) is 13.3 Å². The highest BCUT2D eigenvalue weighted by Crippen LogP contribution is 2.26. The molecule has 5 heteroatoms. The third-order valence-corrected chi connectivity index (χ3v) is 4.09. The van der Waals surface area contributed by atoms with Gasteiger partial charge in [0.2, 0.25) is 0 Å². The zero-order valence-electron chi connectivity index (χ0n) is 10.7. The average molecular weight is 248 g/mol. The molecule has 1 aromatic heterocycles. The van der Waals surface area contributed by atoms with Gasteiger partial charge in [-0.15, -0.1) is 0 Å². The summed E-state index contributed by atoms with van der Waals surface area (Å²) in [4.78, 5) is 9.20. The van der Waals surface area contributed by atoms with Crippen molar-refractivity contribution in [2.45, 2.75) is 12.1 Å². The second kappa shape index (κ2) is 4.84. The Hall–Kier alpha value is -1.17. The van der Waals surface area contributed by atoms with Crippen molar-refractivity contribution in [2.24, 2.45) is 5.73 Å². The highest BCUT2D eigenvalue weighted by molar-refractivity contribution is 5.27. The molecule has 0 radical (unpaired) electrons. The molecule has 3 saturated heterocycles. The van der Waals surface area contributed by atoms with Crippen molar-refractivity contribution < 1.29 is 4.74 Å². The number of pyridine rings is 1. The first-order valence-electron chi connectivity index (χ1n) is 6.49. The summed E-state index contributed by atoms with van der Waals surface area (Å²) < 4.78 is 5.21. The summed E-state index contributed by atoms with van der Waals surface area (Å²) in [6, 6.07) is 2.41. The summed E-state index contributed by atoms with van der Waals surface area (Å²) >= 11 is 0. The van der Waals surface area contributed by atoms with Crippen LogP contribution < -0.4 is 10.5 Å². The molecule has 4 rings (SSSR count). The quantitative estimate of drug-likeness (QED) is 0.821. The normalized spacial score (nSPS) is 32.2. The minimum atomic E-state index is 0.00991. The van der Waals surface area contributed by atoms with Gasteiger partial charge in [-0.1, -0.05) is 0 Å². The van der Waals surface area contributed by atoms with Crippen LogP contribution in [0.4, 0.5) is 0 Å². The molecule has 2 atom stereocenters. The van der Waals surface area contributed by atoms with Crippen LogP contribution in [0.3, 0.4) is 0 Å². The van der Waals surface area contributed by atoms with Gasteiger partial charge in [0.15, 0.2) is 0 Å². The lowest BCUT2D eigenvalue weighted by molar-refractivity contribution is 0.00208. The van der Waals surface area contributed by atoms with Crippen LogP contribution in [-0.4, -0.2) is 60.7 Å². The van der Waals surface area contributed by atoms with E-state index >= 15 is 0 Å². The molecule has 3 aliphatic heterocycles. The molecule has 4 heterocycles. The number of ether oxygens (including phenoxy) is 1. The minimum absolute atomic E-state index is 0.00991. The molecule has 1 aromatic rings. The molecule has 5 nitrogen and oxygen atoms in total. The van der Waals surface area contributed by atoms with Gasteiger partial charge in [0.1, 0.15) is 5.75 Å². The fraction of sp³-hybridized carbons (Fsp3) is 0.615. The van der Waals surface area contributed by atoms with Crippen molar-refractivity contribution in [3.8, 4) is 5.75 Å². The summed E-state index contributed by atoms with van der Waals surface area (Å²) in [6.07, 6.45) is 3.57. The first-order chi connectivity index (χ1) is 8.78. The van der Waals surface area contributed by atoms with Gasteiger partial charge in [-0.05, 0) is 11.6 Å². The van der Waals surface area contributed by atoms with E-state index < -0.39 is 0 Å². The Labute approximate surface area is 108 Å². The molecule has 0 aromatic carbocycles. The number of hydrogen-bond donors (Lipinski definition) is 1. The molecule has 2 N–H and O–H groups in total. The first kappa shape index (κ1) is 11.9. The fourth-order valence-corrected chi connectivity index (χ4v) is 2.95. The molecule has 3 aliphatic rings. The molecule has 2 unspecified atom stereocenters. The maximum Gasteiger partial charge on any atom is 0.137 e. The van der Waals surface area contributed by atoms with Gasteiger partial charge in [-0.25, -0.2) is 0 Å². The number of nitrogens with zero attached hydrogens (tertiary/aromatic N) is 3. The van der Waals surface area contributed by atoms with E-state index in [9.17, 15) is 0 Å². The van der Waals surface area contributed by atoms with E-state index in [1.54, 1.807) is 13.3 Å². The van der Waals surface area contributed by atoms with Crippen molar-refractivity contribution >= 4 is 0 Å². The molecule has 0 amide bonds. The van der Waals surface area contributed by atoms with E-state index in [2.05, 4.69) is 14.8 Å². The molecule has 0 saturated carbocycles. The van der Waals surface area contributed by atoms with E-state index in [-0.39, 0.29) is 6.04 Å². The number of nitrogens with two attached hydrogens (primary N) is 1. The second-order valence-electron chi connectivity index (χ2n) is 5.09. The SMILES string of the molecule is COc1cncc(C(N)C2CN3CCN2CC3)c1. The standard InChI is InChI=1S/C13H20N4O/c1-18-11-6-10(7-15-8-11)13(14)12-9-16-2-4-17(12)5-3-16/h6-8,12-13H,2-5,9,14H2,1H3. The Bertz CT molecular complexity index is 417. The molecule has 3 fully saturated rings. The number of aromatic nitrogens is 1. The zero-order valence-corrected chi connectivity index (χ0v) is 10.7. The lowest BCUT2D eigenvalue weighted by atomic mass is 9.96. The zero-order chi connectivity index (χ0) is 12.5. The number of methoxy groups -OCH3 is 1. The van der Waals surface area contributed by atoms with Crippen molar-refractivity contribution in [3.63, 3.8) is 0 Å². The summed E-state index contributed by atoms with van der Waals surface area (Å²) in [5, 5.41) is 0. The van der Waals surface area contributed by atoms with Gasteiger partial charge in [0.25, 0.3) is 0 Å². The van der Waals surface area contributed by atoms with E-state index in [1.807, 2.05) is 12.3 Å². The van der Waals surface area contributed by atoms with E-state index in [0.29, 0.717) is 6.04 Å². The summed E-state index contributed by atoms with van der Waals surface area (Å²) in [6.45, 7) is 5.70. The summed E-state index contributed by atoms with van der Waals surface area (Å²) in [5.74, 6) is 0.777. The fourth-order valence-electron chi connectivity index (χ4n) is 2.95. The molecule has 2 bridgehead atoms. The van der Waals surface area contributed by atoms with Crippen molar-refractivity contribution in [1.82, 2.24) is 14.8 Å². The average Bonchev–Trinajstić information content (AvgIpc) is 2.47.